The van der Waals surface area contributed by atoms with E-state index < -0.39 is 46.8 Å². The van der Waals surface area contributed by atoms with Crippen LogP contribution in [0.3, 0.4) is 0 Å². The van der Waals surface area contributed by atoms with Gasteiger partial charge in [0.1, 0.15) is 11.9 Å². The number of aliphatic carboxylic acids is 1. The van der Waals surface area contributed by atoms with E-state index in [1.165, 1.54) is 0 Å². The minimum Gasteiger partial charge on any atom is -0.480 e. The zero-order chi connectivity index (χ0) is 16.0. The third kappa shape index (κ3) is 4.69. The summed E-state index contributed by atoms with van der Waals surface area (Å²) in [6.45, 7) is -0.470. The van der Waals surface area contributed by atoms with Crippen molar-refractivity contribution in [3.8, 4) is 0 Å². The quantitative estimate of drug-likeness (QED) is 0.450. The largest absolute Gasteiger partial charge is 0.480 e. The maximum atomic E-state index is 13.4. The standard InChI is InChI=1S/C11H12FN3O6/c12-7-2-1-6(15(20)21)5-9(7)14-11(19)13-8(3-4-16)10(17)18/h1-2,5,8,16H,3-4H2,(H,17,18)(H2,13,14,19). The number of carbonyl (C=O) groups excluding carboxylic acids is 1. The van der Waals surface area contributed by atoms with Crippen molar-refractivity contribution in [3.05, 3.63) is 34.1 Å². The smallest absolute Gasteiger partial charge is 0.326 e. The van der Waals surface area contributed by atoms with Gasteiger partial charge in [-0.15, -0.1) is 0 Å². The van der Waals surface area contributed by atoms with Gasteiger partial charge in [0.2, 0.25) is 0 Å². The Bertz CT molecular complexity index is 565. The van der Waals surface area contributed by atoms with Crippen molar-refractivity contribution in [1.29, 1.82) is 0 Å². The number of nitro groups is 1. The highest BCUT2D eigenvalue weighted by atomic mass is 19.1. The van der Waals surface area contributed by atoms with Crippen LogP contribution in [-0.4, -0.2) is 39.8 Å². The Morgan fingerprint density at radius 1 is 1.43 bits per heavy atom. The van der Waals surface area contributed by atoms with Crippen LogP contribution in [0, 0.1) is 15.9 Å². The molecule has 0 aromatic heterocycles. The van der Waals surface area contributed by atoms with Crippen molar-refractivity contribution in [2.45, 2.75) is 12.5 Å². The molecule has 1 atom stereocenters. The molecule has 1 rings (SSSR count). The molecule has 1 unspecified atom stereocenters. The molecule has 0 aliphatic rings. The number of carbonyl (C=O) groups is 2. The van der Waals surface area contributed by atoms with Gasteiger partial charge in [0.05, 0.1) is 10.6 Å². The fourth-order valence-corrected chi connectivity index (χ4v) is 1.43. The van der Waals surface area contributed by atoms with Crippen LogP contribution >= 0.6 is 0 Å². The molecule has 0 saturated carbocycles. The Morgan fingerprint density at radius 3 is 2.62 bits per heavy atom. The third-order valence-electron chi connectivity index (χ3n) is 2.43. The van der Waals surface area contributed by atoms with E-state index in [0.717, 1.165) is 18.2 Å². The number of nitro benzene ring substituents is 1. The summed E-state index contributed by atoms with van der Waals surface area (Å²) in [5, 5.41) is 32.0. The van der Waals surface area contributed by atoms with E-state index in [1.807, 2.05) is 10.6 Å². The summed E-state index contributed by atoms with van der Waals surface area (Å²) >= 11 is 0. The van der Waals surface area contributed by atoms with E-state index in [4.69, 9.17) is 10.2 Å². The van der Waals surface area contributed by atoms with Crippen LogP contribution in [0.1, 0.15) is 6.42 Å². The van der Waals surface area contributed by atoms with Gasteiger partial charge in [0, 0.05) is 25.2 Å². The molecule has 1 aromatic rings. The number of urea groups is 1. The summed E-state index contributed by atoms with van der Waals surface area (Å²) in [4.78, 5) is 32.1. The molecule has 10 heteroatoms. The van der Waals surface area contributed by atoms with E-state index in [9.17, 15) is 24.1 Å². The van der Waals surface area contributed by atoms with Crippen molar-refractivity contribution in [2.24, 2.45) is 0 Å². The molecule has 9 nitrogen and oxygen atoms in total. The molecule has 114 valence electrons. The number of amides is 2. The van der Waals surface area contributed by atoms with Crippen molar-refractivity contribution in [1.82, 2.24) is 5.32 Å². The first-order valence-electron chi connectivity index (χ1n) is 5.70. The number of rotatable bonds is 6. The summed E-state index contributed by atoms with van der Waals surface area (Å²) < 4.78 is 13.4. The second-order valence-corrected chi connectivity index (χ2v) is 3.92. The summed E-state index contributed by atoms with van der Waals surface area (Å²) in [6, 6.07) is 0.101. The molecule has 0 radical (unpaired) electrons. The monoisotopic (exact) mass is 301 g/mol. The van der Waals surface area contributed by atoms with Gasteiger partial charge < -0.3 is 20.8 Å². The molecule has 21 heavy (non-hydrogen) atoms. The highest BCUT2D eigenvalue weighted by molar-refractivity contribution is 5.92. The van der Waals surface area contributed by atoms with Gasteiger partial charge in [0.25, 0.3) is 5.69 Å². The number of halogens is 1. The summed E-state index contributed by atoms with van der Waals surface area (Å²) in [7, 11) is 0. The SMILES string of the molecule is O=C(Nc1cc([N+](=O)[O-])ccc1F)NC(CCO)C(=O)O. The lowest BCUT2D eigenvalue weighted by atomic mass is 10.2. The fraction of sp³-hybridized carbons (Fsp3) is 0.273. The molecule has 0 aliphatic heterocycles. The summed E-state index contributed by atoms with van der Waals surface area (Å²) in [5.41, 5.74) is -0.897. The normalized spacial score (nSPS) is 11.5. The molecule has 4 N–H and O–H groups in total. The molecular formula is C11H12FN3O6. The number of aliphatic hydroxyl groups is 1. The lowest BCUT2D eigenvalue weighted by Crippen LogP contribution is -2.43. The topological polar surface area (TPSA) is 142 Å². The first kappa shape index (κ1) is 16.3. The van der Waals surface area contributed by atoms with Crippen LogP contribution in [0.5, 0.6) is 0 Å². The van der Waals surface area contributed by atoms with Crippen molar-refractivity contribution < 1.29 is 29.1 Å². The van der Waals surface area contributed by atoms with Gasteiger partial charge in [-0.2, -0.15) is 0 Å². The number of aliphatic hydroxyl groups excluding tert-OH is 1. The predicted octanol–water partition coefficient (Wildman–Crippen LogP) is 0.691. The molecule has 0 bridgehead atoms. The number of nitrogens with one attached hydrogen (secondary N) is 2. The highest BCUT2D eigenvalue weighted by Gasteiger charge is 2.20. The average Bonchev–Trinajstić information content (AvgIpc) is 2.40. The maximum absolute atomic E-state index is 13.4. The third-order valence-corrected chi connectivity index (χ3v) is 2.43. The van der Waals surface area contributed by atoms with E-state index in [1.54, 1.807) is 0 Å². The molecule has 0 heterocycles. The Labute approximate surface area is 117 Å². The summed E-state index contributed by atoms with van der Waals surface area (Å²) in [6.07, 6.45) is -0.236. The van der Waals surface area contributed by atoms with Crippen LogP contribution in [0.4, 0.5) is 20.6 Å². The molecule has 0 saturated heterocycles. The van der Waals surface area contributed by atoms with Gasteiger partial charge in [-0.1, -0.05) is 0 Å². The van der Waals surface area contributed by atoms with E-state index in [-0.39, 0.29) is 6.42 Å². The Morgan fingerprint density at radius 2 is 2.10 bits per heavy atom. The lowest BCUT2D eigenvalue weighted by molar-refractivity contribution is -0.384. The number of carboxylic acid groups (broad SMARTS) is 1. The molecule has 2 amide bonds. The van der Waals surface area contributed by atoms with Gasteiger partial charge >= 0.3 is 12.0 Å². The van der Waals surface area contributed by atoms with Crippen LogP contribution in [0.2, 0.25) is 0 Å². The van der Waals surface area contributed by atoms with Gasteiger partial charge in [-0.25, -0.2) is 14.0 Å². The number of anilines is 1. The molecule has 0 spiro atoms. The van der Waals surface area contributed by atoms with Crippen molar-refractivity contribution >= 4 is 23.4 Å². The van der Waals surface area contributed by atoms with Crippen LogP contribution in [-0.2, 0) is 4.79 Å². The minimum absolute atomic E-state index is 0.236. The van der Waals surface area contributed by atoms with Crippen LogP contribution in [0.15, 0.2) is 18.2 Å². The average molecular weight is 301 g/mol. The van der Waals surface area contributed by atoms with Crippen molar-refractivity contribution in [2.75, 3.05) is 11.9 Å². The first-order valence-corrected chi connectivity index (χ1v) is 5.70. The maximum Gasteiger partial charge on any atom is 0.326 e. The van der Waals surface area contributed by atoms with E-state index in [0.29, 0.717) is 0 Å². The minimum atomic E-state index is -1.38. The Kier molecular flexibility index (Phi) is 5.55. The van der Waals surface area contributed by atoms with Gasteiger partial charge in [0.15, 0.2) is 0 Å². The number of hydrogen-bond donors (Lipinski definition) is 4. The Hall–Kier alpha value is -2.75. The number of nitrogens with zero attached hydrogens (tertiary/aromatic N) is 1. The van der Waals surface area contributed by atoms with Crippen LogP contribution < -0.4 is 10.6 Å². The molecule has 1 aromatic carbocycles. The number of non-ortho nitro benzene ring substituents is 1. The number of benzene rings is 1. The summed E-state index contributed by atoms with van der Waals surface area (Å²) in [5.74, 6) is -2.29. The van der Waals surface area contributed by atoms with Gasteiger partial charge in [-0.05, 0) is 6.07 Å². The molecule has 0 aliphatic carbocycles. The second-order valence-electron chi connectivity index (χ2n) is 3.92. The first-order chi connectivity index (χ1) is 9.85. The number of carboxylic acids is 1. The molecular weight excluding hydrogens is 289 g/mol. The van der Waals surface area contributed by atoms with E-state index in [2.05, 4.69) is 0 Å². The van der Waals surface area contributed by atoms with E-state index >= 15 is 0 Å². The predicted molar refractivity (Wildman–Crippen MR) is 68.3 cm³/mol. The van der Waals surface area contributed by atoms with Crippen LogP contribution in [0.25, 0.3) is 0 Å². The van der Waals surface area contributed by atoms with Gasteiger partial charge in [-0.3, -0.25) is 10.1 Å². The zero-order valence-corrected chi connectivity index (χ0v) is 10.6. The number of hydrogen-bond acceptors (Lipinski definition) is 5. The fourth-order valence-electron chi connectivity index (χ4n) is 1.43. The Balaban J connectivity index is 2.80. The zero-order valence-electron chi connectivity index (χ0n) is 10.6. The van der Waals surface area contributed by atoms with Crippen molar-refractivity contribution in [3.63, 3.8) is 0 Å². The highest BCUT2D eigenvalue weighted by Crippen LogP contribution is 2.21. The molecule has 0 fully saturated rings. The lowest BCUT2D eigenvalue weighted by Gasteiger charge is -2.14. The second kappa shape index (κ2) is 7.14.